The van der Waals surface area contributed by atoms with Crippen LogP contribution in [-0.4, -0.2) is 62.4 Å². The van der Waals surface area contributed by atoms with Crippen LogP contribution in [-0.2, 0) is 14.8 Å². The molecule has 0 saturated carbocycles. The van der Waals surface area contributed by atoms with Crippen LogP contribution in [0, 0.1) is 0 Å². The van der Waals surface area contributed by atoms with Crippen LogP contribution in [0.3, 0.4) is 0 Å². The minimum Gasteiger partial charge on any atom is -0.497 e. The number of Topliss-reactive ketones (excluding diaryl/α,β-unsaturated/α-hetero) is 1. The molecule has 0 bridgehead atoms. The second kappa shape index (κ2) is 7.77. The number of sulfonamides is 1. The van der Waals surface area contributed by atoms with Crippen molar-refractivity contribution in [3.05, 3.63) is 41.5 Å². The van der Waals surface area contributed by atoms with Gasteiger partial charge in [0.25, 0.3) is 5.91 Å². The summed E-state index contributed by atoms with van der Waals surface area (Å²) in [5.41, 5.74) is 0.807. The van der Waals surface area contributed by atoms with Crippen molar-refractivity contribution in [1.82, 2.24) is 9.31 Å². The van der Waals surface area contributed by atoms with E-state index in [1.165, 1.54) is 0 Å². The number of methoxy groups -OCH3 is 1. The Hall–Kier alpha value is -2.23. The summed E-state index contributed by atoms with van der Waals surface area (Å²) in [5.74, 6) is 5.14. The number of carbonyl (C=O) groups is 2. The third kappa shape index (κ3) is 4.88. The van der Waals surface area contributed by atoms with Gasteiger partial charge in [0.05, 0.1) is 19.9 Å². The molecule has 0 radical (unpaired) electrons. The molecule has 0 spiro atoms. The van der Waals surface area contributed by atoms with Crippen LogP contribution in [0.2, 0.25) is 0 Å². The van der Waals surface area contributed by atoms with E-state index in [0.717, 1.165) is 6.26 Å². The Morgan fingerprint density at radius 2 is 1.92 bits per heavy atom. The second-order valence-electron chi connectivity index (χ2n) is 5.74. The molecule has 1 aromatic rings. The van der Waals surface area contributed by atoms with Gasteiger partial charge in [0.1, 0.15) is 5.75 Å². The molecule has 0 fully saturated rings. The molecule has 2 rings (SSSR count). The van der Waals surface area contributed by atoms with Crippen molar-refractivity contribution < 1.29 is 22.7 Å². The van der Waals surface area contributed by atoms with E-state index in [9.17, 15) is 18.0 Å². The van der Waals surface area contributed by atoms with Crippen LogP contribution >= 0.6 is 0 Å². The summed E-state index contributed by atoms with van der Waals surface area (Å²) in [7, 11) is -2.27. The molecule has 0 atom stereocenters. The van der Waals surface area contributed by atoms with Crippen LogP contribution in [0.1, 0.15) is 16.8 Å². The van der Waals surface area contributed by atoms with E-state index in [1.54, 1.807) is 42.4 Å². The number of hydrazine groups is 1. The van der Waals surface area contributed by atoms with E-state index in [0.29, 0.717) is 24.3 Å². The topological polar surface area (TPSA) is 110 Å². The summed E-state index contributed by atoms with van der Waals surface area (Å²) in [6.07, 6.45) is 3.05. The van der Waals surface area contributed by atoms with Gasteiger partial charge in [-0.2, -0.15) is 4.41 Å². The predicted molar refractivity (Wildman–Crippen MR) is 92.3 cm³/mol. The van der Waals surface area contributed by atoms with Gasteiger partial charge >= 0.3 is 0 Å². The number of nitrogens with zero attached hydrogens (tertiary/aromatic N) is 2. The average Bonchev–Trinajstić information content (AvgIpc) is 2.60. The Labute approximate surface area is 146 Å². The maximum Gasteiger partial charge on any atom is 0.278 e. The zero-order valence-electron chi connectivity index (χ0n) is 14.1. The van der Waals surface area contributed by atoms with Crippen molar-refractivity contribution in [1.29, 1.82) is 0 Å². The van der Waals surface area contributed by atoms with Crippen molar-refractivity contribution in [2.75, 3.05) is 33.0 Å². The van der Waals surface area contributed by atoms with Crippen molar-refractivity contribution in [3.63, 3.8) is 0 Å². The smallest absolute Gasteiger partial charge is 0.278 e. The number of rotatable bonds is 6. The van der Waals surface area contributed by atoms with Crippen LogP contribution in [0.15, 0.2) is 35.9 Å². The Balaban J connectivity index is 2.01. The molecule has 9 heteroatoms. The third-order valence-electron chi connectivity index (χ3n) is 3.84. The van der Waals surface area contributed by atoms with Crippen molar-refractivity contribution in [2.45, 2.75) is 6.42 Å². The van der Waals surface area contributed by atoms with Crippen LogP contribution in [0.4, 0.5) is 0 Å². The molecule has 0 aliphatic carbocycles. The van der Waals surface area contributed by atoms with E-state index in [4.69, 9.17) is 10.6 Å². The van der Waals surface area contributed by atoms with Crippen LogP contribution in [0.25, 0.3) is 0 Å². The second-order valence-corrected chi connectivity index (χ2v) is 7.60. The molecule has 25 heavy (non-hydrogen) atoms. The summed E-state index contributed by atoms with van der Waals surface area (Å²) >= 11 is 0. The van der Waals surface area contributed by atoms with Gasteiger partial charge in [0.2, 0.25) is 10.0 Å². The highest BCUT2D eigenvalue weighted by atomic mass is 32.2. The SMILES string of the molecule is COc1ccc(C(=O)CN2CCC=C(C(=O)N(N)S(C)(=O)=O)C2)cc1. The molecule has 1 heterocycles. The number of hydrogen-bond donors (Lipinski definition) is 1. The Bertz CT molecular complexity index is 786. The minimum absolute atomic E-state index is 0.0935. The van der Waals surface area contributed by atoms with E-state index in [-0.39, 0.29) is 28.9 Å². The Morgan fingerprint density at radius 3 is 2.48 bits per heavy atom. The molecule has 136 valence electrons. The molecule has 1 aliphatic heterocycles. The lowest BCUT2D eigenvalue weighted by atomic mass is 10.1. The van der Waals surface area contributed by atoms with Gasteiger partial charge in [-0.3, -0.25) is 14.5 Å². The number of carbonyl (C=O) groups excluding carboxylic acids is 2. The van der Waals surface area contributed by atoms with Crippen molar-refractivity contribution in [3.8, 4) is 5.75 Å². The standard InChI is InChI=1S/C16H21N3O5S/c1-24-14-7-5-12(6-8-14)15(20)11-18-9-3-4-13(10-18)16(21)19(17)25(2,22)23/h4-8H,3,9-11,17H2,1-2H3. The summed E-state index contributed by atoms with van der Waals surface area (Å²) in [6, 6.07) is 6.77. The molecule has 0 saturated heterocycles. The Kier molecular flexibility index (Phi) is 5.93. The lowest BCUT2D eigenvalue weighted by Gasteiger charge is -2.27. The molecular weight excluding hydrogens is 346 g/mol. The van der Waals surface area contributed by atoms with Gasteiger partial charge < -0.3 is 4.74 Å². The third-order valence-corrected chi connectivity index (χ3v) is 4.72. The van der Waals surface area contributed by atoms with Gasteiger partial charge in [-0.05, 0) is 30.7 Å². The summed E-state index contributed by atoms with van der Waals surface area (Å²) in [4.78, 5) is 26.3. The first-order chi connectivity index (χ1) is 11.7. The number of hydrogen-bond acceptors (Lipinski definition) is 7. The highest BCUT2D eigenvalue weighted by molar-refractivity contribution is 7.88. The van der Waals surface area contributed by atoms with Gasteiger partial charge in [-0.15, -0.1) is 0 Å². The number of ether oxygens (including phenoxy) is 1. The molecular formula is C16H21N3O5S. The quantitative estimate of drug-likeness (QED) is 0.330. The maximum atomic E-state index is 12.4. The zero-order chi connectivity index (χ0) is 18.6. The summed E-state index contributed by atoms with van der Waals surface area (Å²) < 4.78 is 28.1. The number of ketones is 1. The van der Waals surface area contributed by atoms with E-state index in [2.05, 4.69) is 0 Å². The first-order valence-electron chi connectivity index (χ1n) is 7.60. The molecule has 1 aromatic carbocycles. The lowest BCUT2D eigenvalue weighted by Crippen LogP contribution is -2.46. The highest BCUT2D eigenvalue weighted by Crippen LogP contribution is 2.15. The molecule has 0 aromatic heterocycles. The fourth-order valence-electron chi connectivity index (χ4n) is 2.46. The number of amides is 1. The van der Waals surface area contributed by atoms with Gasteiger partial charge in [0, 0.05) is 24.2 Å². The fourth-order valence-corrected chi connectivity index (χ4v) is 2.88. The van der Waals surface area contributed by atoms with Gasteiger partial charge in [-0.1, -0.05) is 6.08 Å². The maximum absolute atomic E-state index is 12.4. The molecule has 0 unspecified atom stereocenters. The fraction of sp³-hybridized carbons (Fsp3) is 0.375. The number of benzene rings is 1. The largest absolute Gasteiger partial charge is 0.497 e. The highest BCUT2D eigenvalue weighted by Gasteiger charge is 2.27. The normalized spacial score (nSPS) is 15.4. The average molecular weight is 367 g/mol. The molecule has 1 amide bonds. The predicted octanol–water partition coefficient (Wildman–Crippen LogP) is 0.172. The lowest BCUT2D eigenvalue weighted by molar-refractivity contribution is -0.123. The molecule has 8 nitrogen and oxygen atoms in total. The summed E-state index contributed by atoms with van der Waals surface area (Å²) in [5, 5.41) is 0. The van der Waals surface area contributed by atoms with Crippen LogP contribution < -0.4 is 10.6 Å². The van der Waals surface area contributed by atoms with Crippen molar-refractivity contribution >= 4 is 21.7 Å². The monoisotopic (exact) mass is 367 g/mol. The number of nitrogens with two attached hydrogens (primary N) is 1. The van der Waals surface area contributed by atoms with Gasteiger partial charge in [-0.25, -0.2) is 14.3 Å². The minimum atomic E-state index is -3.82. The van der Waals surface area contributed by atoms with Crippen LogP contribution in [0.5, 0.6) is 5.75 Å². The van der Waals surface area contributed by atoms with E-state index >= 15 is 0 Å². The Morgan fingerprint density at radius 1 is 1.28 bits per heavy atom. The molecule has 2 N–H and O–H groups in total. The van der Waals surface area contributed by atoms with E-state index in [1.807, 2.05) is 0 Å². The van der Waals surface area contributed by atoms with Gasteiger partial charge in [0.15, 0.2) is 5.78 Å². The van der Waals surface area contributed by atoms with Crippen molar-refractivity contribution in [2.24, 2.45) is 5.84 Å². The molecule has 1 aliphatic rings. The van der Waals surface area contributed by atoms with E-state index < -0.39 is 15.9 Å². The zero-order valence-corrected chi connectivity index (χ0v) is 15.0. The first kappa shape index (κ1) is 19.1. The first-order valence-corrected chi connectivity index (χ1v) is 9.45. The summed E-state index contributed by atoms with van der Waals surface area (Å²) in [6.45, 7) is 0.895.